The fourth-order valence-corrected chi connectivity index (χ4v) is 5.42. The Morgan fingerprint density at radius 1 is 0.886 bits per heavy atom. The van der Waals surface area contributed by atoms with Gasteiger partial charge < -0.3 is 21.6 Å². The molecule has 0 N–H and O–H groups in total. The number of hydrogen-bond donors (Lipinski definition) is 0. The first-order valence-corrected chi connectivity index (χ1v) is 11.9. The molecule has 3 aromatic carbocycles. The Hall–Kier alpha value is -2.96. The minimum atomic E-state index is -0.494. The number of halogens is 3. The molecule has 0 unspecified atom stereocenters. The number of amides is 1. The van der Waals surface area contributed by atoms with Crippen molar-refractivity contribution in [2.24, 2.45) is 5.92 Å². The summed E-state index contributed by atoms with van der Waals surface area (Å²) in [5, 5.41) is 0. The lowest BCUT2D eigenvalue weighted by Crippen LogP contribution is -3.00. The molecular formula is C28H29ClF2N2O2. The average Bonchev–Trinajstić information content (AvgIpc) is 2.84. The third-order valence-corrected chi connectivity index (χ3v) is 7.25. The highest BCUT2D eigenvalue weighted by Gasteiger charge is 2.48. The van der Waals surface area contributed by atoms with Crippen LogP contribution in [0, 0.1) is 17.6 Å². The summed E-state index contributed by atoms with van der Waals surface area (Å²) in [5.74, 6) is -0.423. The molecule has 3 aliphatic rings. The van der Waals surface area contributed by atoms with Crippen LogP contribution in [0.4, 0.5) is 19.3 Å². The monoisotopic (exact) mass is 498 g/mol. The van der Waals surface area contributed by atoms with Crippen LogP contribution in [0.15, 0.2) is 78.9 Å². The molecule has 0 aromatic heterocycles. The standard InChI is InChI=1S/C28H29F2N2O2.ClH/c29-24-11-9-21(10-12-24)18-31(26-8-4-7-25(30)17-26)28(33)34-27-20-32(15-13-23(27)14-16-32)19-22-5-2-1-3-6-22;/h1-12,17,23,27H,13-16,18-20H2;1H/q+1;/p-1/t23?,27-,32?;/m0./s1. The van der Waals surface area contributed by atoms with Gasteiger partial charge in [-0.3, -0.25) is 4.90 Å². The van der Waals surface area contributed by atoms with Crippen molar-refractivity contribution in [2.75, 3.05) is 24.5 Å². The van der Waals surface area contributed by atoms with E-state index in [0.29, 0.717) is 11.6 Å². The van der Waals surface area contributed by atoms with Gasteiger partial charge in [-0.1, -0.05) is 48.5 Å². The smallest absolute Gasteiger partial charge is 0.415 e. The van der Waals surface area contributed by atoms with E-state index in [9.17, 15) is 13.6 Å². The number of piperidine rings is 3. The van der Waals surface area contributed by atoms with Gasteiger partial charge in [0.05, 0.1) is 25.3 Å². The Kier molecular flexibility index (Phi) is 7.72. The van der Waals surface area contributed by atoms with Crippen LogP contribution in [0.25, 0.3) is 0 Å². The maximum atomic E-state index is 14.0. The van der Waals surface area contributed by atoms with E-state index in [4.69, 9.17) is 4.74 Å². The molecule has 0 radical (unpaired) electrons. The zero-order chi connectivity index (χ0) is 23.5. The first kappa shape index (κ1) is 25.1. The zero-order valence-electron chi connectivity index (χ0n) is 19.5. The molecule has 7 heteroatoms. The third-order valence-electron chi connectivity index (χ3n) is 7.25. The molecule has 4 nitrogen and oxygen atoms in total. The highest BCUT2D eigenvalue weighted by Crippen LogP contribution is 2.37. The number of benzene rings is 3. The van der Waals surface area contributed by atoms with Gasteiger partial charge in [-0.15, -0.1) is 0 Å². The molecule has 0 spiro atoms. The molecule has 184 valence electrons. The van der Waals surface area contributed by atoms with Crippen molar-refractivity contribution in [3.63, 3.8) is 0 Å². The number of quaternary nitrogens is 1. The second-order valence-electron chi connectivity index (χ2n) is 9.57. The number of ether oxygens (including phenoxy) is 1. The molecule has 1 amide bonds. The average molecular weight is 499 g/mol. The Bertz CT molecular complexity index is 1140. The topological polar surface area (TPSA) is 29.5 Å². The normalized spacial score (nSPS) is 22.8. The van der Waals surface area contributed by atoms with Gasteiger partial charge in [0.2, 0.25) is 0 Å². The highest BCUT2D eigenvalue weighted by molar-refractivity contribution is 5.87. The van der Waals surface area contributed by atoms with Crippen molar-refractivity contribution in [1.82, 2.24) is 0 Å². The fourth-order valence-electron chi connectivity index (χ4n) is 5.42. The molecule has 0 saturated carbocycles. The second-order valence-corrected chi connectivity index (χ2v) is 9.57. The molecule has 3 fully saturated rings. The van der Waals surface area contributed by atoms with E-state index in [1.165, 1.54) is 34.7 Å². The summed E-state index contributed by atoms with van der Waals surface area (Å²) in [6, 6.07) is 22.4. The van der Waals surface area contributed by atoms with Crippen molar-refractivity contribution in [1.29, 1.82) is 0 Å². The molecule has 35 heavy (non-hydrogen) atoms. The minimum absolute atomic E-state index is 0. The first-order chi connectivity index (χ1) is 16.5. The highest BCUT2D eigenvalue weighted by atomic mass is 35.5. The molecule has 6 rings (SSSR count). The van der Waals surface area contributed by atoms with E-state index >= 15 is 0 Å². The Morgan fingerprint density at radius 3 is 2.29 bits per heavy atom. The van der Waals surface area contributed by atoms with Crippen molar-refractivity contribution < 1.29 is 35.2 Å². The van der Waals surface area contributed by atoms with Gasteiger partial charge in [-0.05, 0) is 35.9 Å². The summed E-state index contributed by atoms with van der Waals surface area (Å²) in [4.78, 5) is 14.9. The Morgan fingerprint density at radius 2 is 1.60 bits per heavy atom. The van der Waals surface area contributed by atoms with Crippen LogP contribution in [0.1, 0.15) is 24.0 Å². The molecule has 3 heterocycles. The number of rotatable bonds is 6. The summed E-state index contributed by atoms with van der Waals surface area (Å²) < 4.78 is 34.4. The van der Waals surface area contributed by atoms with E-state index in [2.05, 4.69) is 24.3 Å². The van der Waals surface area contributed by atoms with Gasteiger partial charge in [0, 0.05) is 24.3 Å². The maximum Gasteiger partial charge on any atom is 0.415 e. The Balaban J connectivity index is 0.00000289. The number of nitrogens with zero attached hydrogens (tertiary/aromatic N) is 2. The number of anilines is 1. The van der Waals surface area contributed by atoms with Crippen LogP contribution < -0.4 is 17.3 Å². The lowest BCUT2D eigenvalue weighted by molar-refractivity contribution is -0.958. The first-order valence-electron chi connectivity index (χ1n) is 11.9. The van der Waals surface area contributed by atoms with Gasteiger partial charge in [0.15, 0.2) is 6.10 Å². The van der Waals surface area contributed by atoms with E-state index in [-0.39, 0.29) is 30.9 Å². The third kappa shape index (κ3) is 5.82. The van der Waals surface area contributed by atoms with Crippen molar-refractivity contribution in [3.05, 3.63) is 102 Å². The van der Waals surface area contributed by atoms with Crippen LogP contribution >= 0.6 is 0 Å². The summed E-state index contributed by atoms with van der Waals surface area (Å²) in [6.07, 6.45) is 1.39. The van der Waals surface area contributed by atoms with Crippen molar-refractivity contribution in [2.45, 2.75) is 32.0 Å². The quantitative estimate of drug-likeness (QED) is 0.489. The largest absolute Gasteiger partial charge is 1.00 e. The summed E-state index contributed by atoms with van der Waals surface area (Å²) in [6.45, 7) is 4.08. The lowest BCUT2D eigenvalue weighted by atomic mass is 9.83. The van der Waals surface area contributed by atoms with Crippen LogP contribution in [-0.4, -0.2) is 36.3 Å². The zero-order valence-corrected chi connectivity index (χ0v) is 20.2. The molecule has 3 aliphatic heterocycles. The molecule has 1 atom stereocenters. The fraction of sp³-hybridized carbons (Fsp3) is 0.321. The predicted molar refractivity (Wildman–Crippen MR) is 127 cm³/mol. The van der Waals surface area contributed by atoms with E-state index in [0.717, 1.165) is 49.1 Å². The summed E-state index contributed by atoms with van der Waals surface area (Å²) >= 11 is 0. The number of fused-ring (bicyclic) bond motifs is 3. The summed E-state index contributed by atoms with van der Waals surface area (Å²) in [5.41, 5.74) is 2.46. The van der Waals surface area contributed by atoms with Gasteiger partial charge >= 0.3 is 6.09 Å². The van der Waals surface area contributed by atoms with E-state index < -0.39 is 11.9 Å². The maximum absolute atomic E-state index is 14.0. The molecule has 3 aromatic rings. The number of carbonyl (C=O) groups is 1. The number of hydrogen-bond acceptors (Lipinski definition) is 2. The molecule has 0 aliphatic carbocycles. The van der Waals surface area contributed by atoms with Crippen LogP contribution in [0.3, 0.4) is 0 Å². The second kappa shape index (κ2) is 10.8. The van der Waals surface area contributed by atoms with E-state index in [1.807, 2.05) is 6.07 Å². The van der Waals surface area contributed by atoms with Gasteiger partial charge in [0.25, 0.3) is 0 Å². The van der Waals surface area contributed by atoms with Crippen LogP contribution in [-0.2, 0) is 17.8 Å². The minimum Gasteiger partial charge on any atom is -1.00 e. The van der Waals surface area contributed by atoms with Gasteiger partial charge in [0.1, 0.15) is 24.7 Å². The Labute approximate surface area is 211 Å². The number of carbonyl (C=O) groups excluding carboxylic acids is 1. The van der Waals surface area contributed by atoms with Crippen molar-refractivity contribution in [3.8, 4) is 0 Å². The molecular weight excluding hydrogens is 470 g/mol. The van der Waals surface area contributed by atoms with Gasteiger partial charge in [-0.2, -0.15) is 0 Å². The summed E-state index contributed by atoms with van der Waals surface area (Å²) in [7, 11) is 0. The van der Waals surface area contributed by atoms with Gasteiger partial charge in [-0.25, -0.2) is 13.6 Å². The molecule has 2 bridgehead atoms. The predicted octanol–water partition coefficient (Wildman–Crippen LogP) is 2.92. The van der Waals surface area contributed by atoms with Crippen LogP contribution in [0.2, 0.25) is 0 Å². The van der Waals surface area contributed by atoms with Crippen LogP contribution in [0.5, 0.6) is 0 Å². The SMILES string of the molecule is O=C(O[C@H]1C[N+]2(Cc3ccccc3)CCC1CC2)N(Cc1ccc(F)cc1)c1cccc(F)c1.[Cl-]. The van der Waals surface area contributed by atoms with E-state index in [1.54, 1.807) is 24.3 Å². The van der Waals surface area contributed by atoms with Crippen molar-refractivity contribution >= 4 is 11.8 Å². The lowest BCUT2D eigenvalue weighted by Gasteiger charge is -2.52. The molecule has 3 saturated heterocycles.